The molecule has 5 heteroatoms. The lowest BCUT2D eigenvalue weighted by Gasteiger charge is -2.28. The molecule has 1 fully saturated rings. The van der Waals surface area contributed by atoms with Crippen LogP contribution in [0.5, 0.6) is 5.75 Å². The summed E-state index contributed by atoms with van der Waals surface area (Å²) in [6.07, 6.45) is 3.32. The number of hydrogen-bond acceptors (Lipinski definition) is 4. The van der Waals surface area contributed by atoms with Crippen molar-refractivity contribution in [3.05, 3.63) is 23.8 Å². The third kappa shape index (κ3) is 4.11. The lowest BCUT2D eigenvalue weighted by molar-refractivity contribution is -0.142. The van der Waals surface area contributed by atoms with Crippen molar-refractivity contribution in [2.45, 2.75) is 45.3 Å². The molecule has 0 heterocycles. The van der Waals surface area contributed by atoms with Gasteiger partial charge in [0.05, 0.1) is 19.1 Å². The molecule has 2 unspecified atom stereocenters. The molecule has 0 aliphatic heterocycles. The molecule has 1 aromatic rings. The number of hydrogen-bond donors (Lipinski definition) is 3. The summed E-state index contributed by atoms with van der Waals surface area (Å²) in [6, 6.07) is 5.79. The summed E-state index contributed by atoms with van der Waals surface area (Å²) in [5.41, 5.74) is 1.64. The maximum Gasteiger partial charge on any atom is 0.306 e. The molecule has 1 aromatic carbocycles. The molecule has 1 saturated carbocycles. The molecule has 2 rings (SSSR count). The van der Waals surface area contributed by atoms with Crippen LogP contribution in [0, 0.1) is 5.92 Å². The van der Waals surface area contributed by atoms with E-state index in [1.165, 1.54) is 0 Å². The number of anilines is 1. The Hall–Kier alpha value is -1.75. The van der Waals surface area contributed by atoms with Crippen LogP contribution < -0.4 is 10.1 Å². The minimum absolute atomic E-state index is 0.0761. The molecule has 2 atom stereocenters. The molecule has 0 radical (unpaired) electrons. The van der Waals surface area contributed by atoms with Crippen LogP contribution >= 0.6 is 0 Å². The van der Waals surface area contributed by atoms with Crippen molar-refractivity contribution in [1.29, 1.82) is 0 Å². The largest absolute Gasteiger partial charge is 0.494 e. The Labute approximate surface area is 124 Å². The van der Waals surface area contributed by atoms with Gasteiger partial charge in [-0.3, -0.25) is 4.79 Å². The number of carboxylic acid groups (broad SMARTS) is 1. The third-order valence-corrected chi connectivity index (χ3v) is 3.92. The predicted molar refractivity (Wildman–Crippen MR) is 80.5 cm³/mol. The first-order valence-electron chi connectivity index (χ1n) is 7.50. The summed E-state index contributed by atoms with van der Waals surface area (Å²) in [5, 5.41) is 21.9. The summed E-state index contributed by atoms with van der Waals surface area (Å²) in [5.74, 6) is -0.266. The van der Waals surface area contributed by atoms with Gasteiger partial charge in [0, 0.05) is 17.3 Å². The zero-order valence-corrected chi connectivity index (χ0v) is 12.3. The van der Waals surface area contributed by atoms with Crippen LogP contribution in [0.1, 0.15) is 38.2 Å². The number of aliphatic hydroxyl groups excluding tert-OH is 1. The molecule has 0 bridgehead atoms. The second-order valence-corrected chi connectivity index (χ2v) is 5.46. The molecule has 0 aromatic heterocycles. The number of benzene rings is 1. The molecule has 1 aliphatic rings. The summed E-state index contributed by atoms with van der Waals surface area (Å²) in [7, 11) is 0. The fourth-order valence-electron chi connectivity index (χ4n) is 2.87. The first-order valence-corrected chi connectivity index (χ1v) is 7.50. The molecular formula is C16H23NO4. The third-order valence-electron chi connectivity index (χ3n) is 3.92. The number of aliphatic hydroxyl groups is 1. The van der Waals surface area contributed by atoms with Gasteiger partial charge in [0.1, 0.15) is 5.75 Å². The minimum atomic E-state index is -0.704. The Morgan fingerprint density at radius 2 is 2.24 bits per heavy atom. The van der Waals surface area contributed by atoms with Gasteiger partial charge in [-0.05, 0) is 44.4 Å². The van der Waals surface area contributed by atoms with Crippen LogP contribution in [0.15, 0.2) is 18.2 Å². The number of carbonyl (C=O) groups is 1. The molecule has 5 nitrogen and oxygen atoms in total. The highest BCUT2D eigenvalue weighted by Crippen LogP contribution is 2.29. The van der Waals surface area contributed by atoms with E-state index in [-0.39, 0.29) is 18.6 Å². The quantitative estimate of drug-likeness (QED) is 0.751. The monoisotopic (exact) mass is 293 g/mol. The molecule has 21 heavy (non-hydrogen) atoms. The fourth-order valence-corrected chi connectivity index (χ4v) is 2.87. The second kappa shape index (κ2) is 7.31. The van der Waals surface area contributed by atoms with E-state index >= 15 is 0 Å². The molecule has 1 aliphatic carbocycles. The number of ether oxygens (including phenoxy) is 1. The number of rotatable bonds is 6. The zero-order valence-electron chi connectivity index (χ0n) is 12.3. The van der Waals surface area contributed by atoms with Crippen LogP contribution in [0.25, 0.3) is 0 Å². The van der Waals surface area contributed by atoms with E-state index in [4.69, 9.17) is 9.84 Å². The van der Waals surface area contributed by atoms with Crippen LogP contribution in [-0.2, 0) is 11.4 Å². The zero-order chi connectivity index (χ0) is 15.2. The summed E-state index contributed by atoms with van der Waals surface area (Å²) in [6.45, 7) is 2.39. The fraction of sp³-hybridized carbons (Fsp3) is 0.562. The van der Waals surface area contributed by atoms with Gasteiger partial charge >= 0.3 is 5.97 Å². The van der Waals surface area contributed by atoms with Crippen molar-refractivity contribution < 1.29 is 19.7 Å². The van der Waals surface area contributed by atoms with E-state index in [2.05, 4.69) is 5.32 Å². The van der Waals surface area contributed by atoms with E-state index in [0.29, 0.717) is 18.8 Å². The maximum atomic E-state index is 11.1. The van der Waals surface area contributed by atoms with Crippen LogP contribution in [0.4, 0.5) is 5.69 Å². The van der Waals surface area contributed by atoms with Gasteiger partial charge in [0.15, 0.2) is 0 Å². The van der Waals surface area contributed by atoms with Gasteiger partial charge in [-0.1, -0.05) is 6.42 Å². The molecule has 0 spiro atoms. The first-order chi connectivity index (χ1) is 10.1. The Bertz CT molecular complexity index is 489. The van der Waals surface area contributed by atoms with Crippen LogP contribution in [0.2, 0.25) is 0 Å². The van der Waals surface area contributed by atoms with Crippen LogP contribution in [0.3, 0.4) is 0 Å². The molecular weight excluding hydrogens is 270 g/mol. The smallest absolute Gasteiger partial charge is 0.306 e. The standard InChI is InChI=1S/C16H23NO4/c1-2-21-15-7-6-14(9-12(15)10-18)17-13-5-3-4-11(8-13)16(19)20/h6-7,9,11,13,17-18H,2-5,8,10H2,1H3,(H,19,20). The highest BCUT2D eigenvalue weighted by molar-refractivity contribution is 5.70. The van der Waals surface area contributed by atoms with Gasteiger partial charge in [-0.25, -0.2) is 0 Å². The van der Waals surface area contributed by atoms with Crippen molar-refractivity contribution in [2.75, 3.05) is 11.9 Å². The van der Waals surface area contributed by atoms with E-state index in [0.717, 1.165) is 30.5 Å². The average molecular weight is 293 g/mol. The maximum absolute atomic E-state index is 11.1. The molecule has 116 valence electrons. The van der Waals surface area contributed by atoms with Gasteiger partial charge in [-0.2, -0.15) is 0 Å². The van der Waals surface area contributed by atoms with Gasteiger partial charge < -0.3 is 20.3 Å². The Morgan fingerprint density at radius 1 is 1.43 bits per heavy atom. The van der Waals surface area contributed by atoms with Crippen molar-refractivity contribution in [2.24, 2.45) is 5.92 Å². The highest BCUT2D eigenvalue weighted by Gasteiger charge is 2.26. The number of aliphatic carboxylic acids is 1. The normalized spacial score (nSPS) is 21.8. The molecule has 0 amide bonds. The summed E-state index contributed by atoms with van der Waals surface area (Å²) >= 11 is 0. The van der Waals surface area contributed by atoms with E-state index in [1.54, 1.807) is 0 Å². The van der Waals surface area contributed by atoms with Crippen LogP contribution in [-0.4, -0.2) is 28.8 Å². The van der Waals surface area contributed by atoms with Crippen molar-refractivity contribution in [1.82, 2.24) is 0 Å². The first kappa shape index (κ1) is 15.6. The van der Waals surface area contributed by atoms with Crippen molar-refractivity contribution in [3.63, 3.8) is 0 Å². The van der Waals surface area contributed by atoms with Crippen molar-refractivity contribution >= 4 is 11.7 Å². The van der Waals surface area contributed by atoms with Gasteiger partial charge in [0.25, 0.3) is 0 Å². The topological polar surface area (TPSA) is 78.8 Å². The summed E-state index contributed by atoms with van der Waals surface area (Å²) < 4.78 is 5.46. The van der Waals surface area contributed by atoms with E-state index < -0.39 is 5.97 Å². The average Bonchev–Trinajstić information content (AvgIpc) is 2.49. The van der Waals surface area contributed by atoms with Gasteiger partial charge in [-0.15, -0.1) is 0 Å². The lowest BCUT2D eigenvalue weighted by atomic mass is 9.85. The Kier molecular flexibility index (Phi) is 5.44. The Balaban J connectivity index is 2.03. The lowest BCUT2D eigenvalue weighted by Crippen LogP contribution is -2.30. The minimum Gasteiger partial charge on any atom is -0.494 e. The second-order valence-electron chi connectivity index (χ2n) is 5.46. The molecule has 3 N–H and O–H groups in total. The predicted octanol–water partition coefficient (Wildman–Crippen LogP) is 2.63. The van der Waals surface area contributed by atoms with Gasteiger partial charge in [0.2, 0.25) is 0 Å². The SMILES string of the molecule is CCOc1ccc(NC2CCCC(C(=O)O)C2)cc1CO. The number of nitrogens with one attached hydrogen (secondary N) is 1. The van der Waals surface area contributed by atoms with Crippen molar-refractivity contribution in [3.8, 4) is 5.75 Å². The molecule has 0 saturated heterocycles. The van der Waals surface area contributed by atoms with E-state index in [1.807, 2.05) is 25.1 Å². The van der Waals surface area contributed by atoms with E-state index in [9.17, 15) is 9.90 Å². The number of carboxylic acids is 1. The summed E-state index contributed by atoms with van der Waals surface area (Å²) in [4.78, 5) is 11.1. The Morgan fingerprint density at radius 3 is 2.90 bits per heavy atom. The highest BCUT2D eigenvalue weighted by atomic mass is 16.5.